The molecule has 0 aliphatic carbocycles. The maximum absolute atomic E-state index is 11.3. The van der Waals surface area contributed by atoms with Crippen LogP contribution in [0.25, 0.3) is 5.76 Å². The summed E-state index contributed by atoms with van der Waals surface area (Å²) in [4.78, 5) is 22.4. The lowest BCUT2D eigenvalue weighted by molar-refractivity contribution is 0.0800. The smallest absolute Gasteiger partial charge is 0.492 e. The molecular weight excluding hydrogens is 240 g/mol. The number of fused-ring (bicyclic) bond motifs is 2. The van der Waals surface area contributed by atoms with Gasteiger partial charge in [-0.1, -0.05) is 12.1 Å². The number of para-hydroxylation sites is 1. The van der Waals surface area contributed by atoms with Gasteiger partial charge in [0.2, 0.25) is 0 Å². The van der Waals surface area contributed by atoms with Crippen LogP contribution >= 0.6 is 0 Å². The quantitative estimate of drug-likeness (QED) is 0.518. The van der Waals surface area contributed by atoms with Crippen molar-refractivity contribution in [3.8, 4) is 5.75 Å². The van der Waals surface area contributed by atoms with Crippen LogP contribution in [0.2, 0.25) is 0 Å². The van der Waals surface area contributed by atoms with E-state index < -0.39 is 12.3 Å². The molecule has 0 saturated carbocycles. The van der Waals surface area contributed by atoms with Crippen LogP contribution in [0.15, 0.2) is 30.0 Å². The minimum absolute atomic E-state index is 0.166. The summed E-state index contributed by atoms with van der Waals surface area (Å²) < 4.78 is 19.6. The molecule has 92 valence electrons. The Kier molecular flexibility index (Phi) is 2.40. The molecule has 6 heteroatoms. The number of benzene rings is 1. The summed E-state index contributed by atoms with van der Waals surface area (Å²) >= 11 is 0. The highest BCUT2D eigenvalue weighted by Crippen LogP contribution is 2.35. The molecule has 0 unspecified atom stereocenters. The van der Waals surface area contributed by atoms with Gasteiger partial charge in [-0.25, -0.2) is 9.59 Å². The largest absolute Gasteiger partial charge is 0.524 e. The van der Waals surface area contributed by atoms with E-state index in [-0.39, 0.29) is 11.5 Å². The van der Waals surface area contributed by atoms with Crippen molar-refractivity contribution in [3.05, 3.63) is 35.6 Å². The van der Waals surface area contributed by atoms with Gasteiger partial charge in [0.1, 0.15) is 5.75 Å². The zero-order valence-electron chi connectivity index (χ0n) is 9.17. The first kappa shape index (κ1) is 10.6. The lowest BCUT2D eigenvalue weighted by atomic mass is 10.1. The fourth-order valence-corrected chi connectivity index (χ4v) is 1.80. The van der Waals surface area contributed by atoms with Crippen molar-refractivity contribution in [2.24, 2.45) is 0 Å². The lowest BCUT2D eigenvalue weighted by Crippen LogP contribution is -2.10. The summed E-state index contributed by atoms with van der Waals surface area (Å²) in [6.07, 6.45) is -1.89. The van der Waals surface area contributed by atoms with Gasteiger partial charge in [0, 0.05) is 6.42 Å². The van der Waals surface area contributed by atoms with Gasteiger partial charge in [0.15, 0.2) is 11.5 Å². The molecule has 3 rings (SSSR count). The molecule has 1 aromatic rings. The zero-order valence-corrected chi connectivity index (χ0v) is 9.17. The van der Waals surface area contributed by atoms with Gasteiger partial charge in [-0.3, -0.25) is 0 Å². The molecule has 0 radical (unpaired) electrons. The fourth-order valence-electron chi connectivity index (χ4n) is 1.80. The Balaban J connectivity index is 2.13. The number of hydrogen-bond donors (Lipinski definition) is 0. The first-order valence-corrected chi connectivity index (χ1v) is 5.31. The second-order valence-corrected chi connectivity index (χ2v) is 3.65. The molecule has 0 spiro atoms. The average molecular weight is 248 g/mol. The van der Waals surface area contributed by atoms with E-state index in [2.05, 4.69) is 4.74 Å². The van der Waals surface area contributed by atoms with E-state index in [1.807, 2.05) is 0 Å². The summed E-state index contributed by atoms with van der Waals surface area (Å²) in [6, 6.07) is 7.01. The Morgan fingerprint density at radius 2 is 1.72 bits per heavy atom. The molecule has 0 amide bonds. The molecule has 0 fully saturated rings. The van der Waals surface area contributed by atoms with Gasteiger partial charge in [0.05, 0.1) is 12.2 Å². The van der Waals surface area contributed by atoms with Crippen molar-refractivity contribution in [1.29, 1.82) is 0 Å². The monoisotopic (exact) mass is 248 g/mol. The van der Waals surface area contributed by atoms with Crippen LogP contribution in [0.1, 0.15) is 12.0 Å². The van der Waals surface area contributed by atoms with E-state index in [9.17, 15) is 9.59 Å². The van der Waals surface area contributed by atoms with E-state index in [0.29, 0.717) is 24.3 Å². The van der Waals surface area contributed by atoms with Crippen molar-refractivity contribution in [2.75, 3.05) is 6.61 Å². The fraction of sp³-hybridized carbons (Fsp3) is 0.167. The zero-order chi connectivity index (χ0) is 12.5. The summed E-state index contributed by atoms with van der Waals surface area (Å²) in [6.45, 7) is 0.320. The molecular formula is C12H8O6. The summed E-state index contributed by atoms with van der Waals surface area (Å²) in [5.74, 6) is 0.961. The predicted octanol–water partition coefficient (Wildman–Crippen LogP) is 2.44. The Labute approximate surface area is 102 Å². The van der Waals surface area contributed by atoms with Gasteiger partial charge >= 0.3 is 12.3 Å². The number of rotatable bonds is 0. The van der Waals surface area contributed by atoms with E-state index in [1.165, 1.54) is 0 Å². The molecule has 0 atom stereocenters. The van der Waals surface area contributed by atoms with E-state index >= 15 is 0 Å². The first-order chi connectivity index (χ1) is 8.74. The minimum Gasteiger partial charge on any atom is -0.492 e. The average Bonchev–Trinajstić information content (AvgIpc) is 2.58. The van der Waals surface area contributed by atoms with Gasteiger partial charge in [-0.2, -0.15) is 0 Å². The normalized spacial score (nSPS) is 18.2. The van der Waals surface area contributed by atoms with Gasteiger partial charge < -0.3 is 18.9 Å². The van der Waals surface area contributed by atoms with Crippen LogP contribution in [0.5, 0.6) is 5.75 Å². The first-order valence-electron chi connectivity index (χ1n) is 5.31. The van der Waals surface area contributed by atoms with Crippen LogP contribution in [0, 0.1) is 0 Å². The van der Waals surface area contributed by atoms with Crippen molar-refractivity contribution in [1.82, 2.24) is 0 Å². The molecule has 2 heterocycles. The second-order valence-electron chi connectivity index (χ2n) is 3.65. The molecule has 2 aliphatic heterocycles. The third-order valence-electron chi connectivity index (χ3n) is 2.53. The van der Waals surface area contributed by atoms with Gasteiger partial charge in [-0.05, 0) is 12.1 Å². The topological polar surface area (TPSA) is 71.1 Å². The standard InChI is InChI=1S/C12H8O6/c13-11-16-9-5-6-15-8-4-2-1-3-7(8)10(9)17-12(14)18-11/h1-4H,5-6H2. The third kappa shape index (κ3) is 1.77. The SMILES string of the molecule is O=C1OC(=O)OC2=C(CCOc3ccccc32)O1. The van der Waals surface area contributed by atoms with Crippen LogP contribution in [0.3, 0.4) is 0 Å². The van der Waals surface area contributed by atoms with Crippen molar-refractivity contribution in [2.45, 2.75) is 6.42 Å². The summed E-state index contributed by atoms with van der Waals surface area (Å²) in [5, 5.41) is 0. The van der Waals surface area contributed by atoms with Gasteiger partial charge in [-0.15, -0.1) is 0 Å². The Hall–Kier alpha value is -2.50. The van der Waals surface area contributed by atoms with Crippen LogP contribution in [0.4, 0.5) is 9.59 Å². The third-order valence-corrected chi connectivity index (χ3v) is 2.53. The molecule has 0 bridgehead atoms. The van der Waals surface area contributed by atoms with Crippen molar-refractivity contribution in [3.63, 3.8) is 0 Å². The van der Waals surface area contributed by atoms with Crippen LogP contribution in [-0.4, -0.2) is 18.9 Å². The maximum atomic E-state index is 11.3. The van der Waals surface area contributed by atoms with Gasteiger partial charge in [0.25, 0.3) is 0 Å². The lowest BCUT2D eigenvalue weighted by Gasteiger charge is -2.08. The molecule has 0 N–H and O–H groups in total. The maximum Gasteiger partial charge on any atom is 0.524 e. The number of ether oxygens (including phenoxy) is 4. The minimum atomic E-state index is -1.11. The summed E-state index contributed by atoms with van der Waals surface area (Å²) in [7, 11) is 0. The predicted molar refractivity (Wildman–Crippen MR) is 57.5 cm³/mol. The number of carbonyl (C=O) groups is 2. The molecule has 2 aliphatic rings. The molecule has 0 saturated heterocycles. The Morgan fingerprint density at radius 3 is 2.61 bits per heavy atom. The summed E-state index contributed by atoms with van der Waals surface area (Å²) in [5.41, 5.74) is 0.552. The Morgan fingerprint density at radius 1 is 0.944 bits per heavy atom. The molecule has 1 aromatic carbocycles. The van der Waals surface area contributed by atoms with Crippen molar-refractivity contribution >= 4 is 18.1 Å². The van der Waals surface area contributed by atoms with E-state index in [0.717, 1.165) is 0 Å². The number of cyclic esters (lactones) is 2. The highest BCUT2D eigenvalue weighted by molar-refractivity contribution is 5.86. The second kappa shape index (κ2) is 4.06. The van der Waals surface area contributed by atoms with Crippen LogP contribution in [-0.2, 0) is 14.2 Å². The molecule has 6 nitrogen and oxygen atoms in total. The molecule has 0 aromatic heterocycles. The highest BCUT2D eigenvalue weighted by Gasteiger charge is 2.30. The Bertz CT molecular complexity index is 559. The number of carbonyl (C=O) groups excluding carboxylic acids is 2. The van der Waals surface area contributed by atoms with Crippen molar-refractivity contribution < 1.29 is 28.5 Å². The van der Waals surface area contributed by atoms with E-state index in [4.69, 9.17) is 14.2 Å². The molecule has 18 heavy (non-hydrogen) atoms. The van der Waals surface area contributed by atoms with E-state index in [1.54, 1.807) is 24.3 Å². The van der Waals surface area contributed by atoms with Crippen LogP contribution < -0.4 is 4.74 Å². The number of hydrogen-bond acceptors (Lipinski definition) is 6. The highest BCUT2D eigenvalue weighted by atomic mass is 16.8.